The Morgan fingerprint density at radius 2 is 1.52 bits per heavy atom. The van der Waals surface area contributed by atoms with Crippen molar-refractivity contribution in [1.82, 2.24) is 4.90 Å². The molecule has 6 nitrogen and oxygen atoms in total. The molecule has 230 valence electrons. The van der Waals surface area contributed by atoms with Crippen LogP contribution in [0.1, 0.15) is 60.0 Å². The first-order valence-electron chi connectivity index (χ1n) is 15.5. The number of benzene rings is 4. The number of hydrogen-bond donors (Lipinski definition) is 3. The van der Waals surface area contributed by atoms with E-state index in [0.717, 1.165) is 58.6 Å². The van der Waals surface area contributed by atoms with Crippen LogP contribution in [-0.2, 0) is 28.2 Å². The Bertz CT molecular complexity index is 1520. The molecule has 4 unspecified atom stereocenters. The zero-order valence-corrected chi connectivity index (χ0v) is 25.9. The molecular weight excluding hydrogens is 572 g/mol. The average molecular weight is 613 g/mol. The Morgan fingerprint density at radius 3 is 2.18 bits per heavy atom. The molecule has 4 N–H and O–H groups in total. The Labute approximate surface area is 265 Å². The molecule has 0 radical (unpaired) electrons. The third-order valence-electron chi connectivity index (χ3n) is 9.31. The third kappa shape index (κ3) is 6.77. The summed E-state index contributed by atoms with van der Waals surface area (Å²) in [5, 5.41) is 21.7. The van der Waals surface area contributed by atoms with Crippen molar-refractivity contribution < 1.29 is 19.7 Å². The van der Waals surface area contributed by atoms with Crippen molar-refractivity contribution in [3.8, 4) is 11.1 Å². The van der Waals surface area contributed by atoms with Crippen LogP contribution in [0, 0.1) is 5.92 Å². The van der Waals surface area contributed by atoms with Gasteiger partial charge in [0.15, 0.2) is 6.29 Å². The van der Waals surface area contributed by atoms with E-state index in [1.165, 1.54) is 0 Å². The fraction of sp³-hybridized carbons (Fsp3) is 0.351. The zero-order valence-electron chi connectivity index (χ0n) is 25.1. The number of halogens is 1. The molecule has 0 aromatic heterocycles. The van der Waals surface area contributed by atoms with Crippen LogP contribution in [-0.4, -0.2) is 40.9 Å². The van der Waals surface area contributed by atoms with E-state index in [4.69, 9.17) is 26.8 Å². The van der Waals surface area contributed by atoms with Crippen LogP contribution < -0.4 is 5.73 Å². The van der Waals surface area contributed by atoms with Gasteiger partial charge < -0.3 is 30.3 Å². The minimum absolute atomic E-state index is 0.00752. The van der Waals surface area contributed by atoms with Crippen molar-refractivity contribution in [2.75, 3.05) is 19.6 Å². The lowest BCUT2D eigenvalue weighted by molar-refractivity contribution is -0.277. The van der Waals surface area contributed by atoms with Gasteiger partial charge in [0, 0.05) is 42.7 Å². The summed E-state index contributed by atoms with van der Waals surface area (Å²) in [5.74, 6) is 0.0848. The van der Waals surface area contributed by atoms with Crippen molar-refractivity contribution >= 4 is 11.6 Å². The fourth-order valence-electron chi connectivity index (χ4n) is 6.45. The molecule has 2 heterocycles. The molecule has 0 bridgehead atoms. The molecule has 2 aliphatic heterocycles. The lowest BCUT2D eigenvalue weighted by Gasteiger charge is -2.45. The maximum Gasteiger partial charge on any atom is 0.184 e. The monoisotopic (exact) mass is 612 g/mol. The Kier molecular flexibility index (Phi) is 9.50. The van der Waals surface area contributed by atoms with Crippen molar-refractivity contribution in [2.24, 2.45) is 11.7 Å². The predicted octanol–water partition coefficient (Wildman–Crippen LogP) is 6.73. The molecule has 4 atom stereocenters. The van der Waals surface area contributed by atoms with E-state index in [1.807, 2.05) is 60.7 Å². The highest BCUT2D eigenvalue weighted by Gasteiger charge is 2.41. The van der Waals surface area contributed by atoms with E-state index in [1.54, 1.807) is 0 Å². The standard InChI is InChI=1S/C37H41ClN2O4/c1-25-34(23-40-19-17-37(42,18-20-40)32-13-15-33(38)16-14-32)43-36(44-35(25)29-7-5-26(24-41)6-8-29)30-11-9-28(10-12-30)31-4-2-3-27(21-31)22-39/h2-16,21,25,34-36,41-42H,17-20,22-24,39H2,1H3. The molecule has 2 fully saturated rings. The second-order valence-corrected chi connectivity index (χ2v) is 12.6. The molecule has 0 spiro atoms. The first-order valence-corrected chi connectivity index (χ1v) is 15.8. The second-order valence-electron chi connectivity index (χ2n) is 12.2. The van der Waals surface area contributed by atoms with Gasteiger partial charge in [0.25, 0.3) is 0 Å². The molecular formula is C37H41ClN2O4. The highest BCUT2D eigenvalue weighted by Crippen LogP contribution is 2.43. The van der Waals surface area contributed by atoms with E-state index in [9.17, 15) is 10.2 Å². The number of piperidine rings is 1. The number of aliphatic hydroxyl groups excluding tert-OH is 1. The first-order chi connectivity index (χ1) is 21.3. The number of hydrogen-bond acceptors (Lipinski definition) is 6. The maximum absolute atomic E-state index is 11.4. The molecule has 0 amide bonds. The molecule has 4 aromatic carbocycles. The van der Waals surface area contributed by atoms with E-state index in [2.05, 4.69) is 48.2 Å². The van der Waals surface area contributed by atoms with Crippen LogP contribution in [0.2, 0.25) is 5.02 Å². The van der Waals surface area contributed by atoms with Crippen LogP contribution in [0.25, 0.3) is 11.1 Å². The molecule has 2 aliphatic rings. The summed E-state index contributed by atoms with van der Waals surface area (Å²) in [6.07, 6.45) is 0.504. The van der Waals surface area contributed by atoms with Gasteiger partial charge in [-0.15, -0.1) is 0 Å². The first kappa shape index (κ1) is 30.9. The molecule has 7 heteroatoms. The van der Waals surface area contributed by atoms with Gasteiger partial charge in [0.05, 0.1) is 24.4 Å². The van der Waals surface area contributed by atoms with Gasteiger partial charge in [-0.05, 0) is 64.4 Å². The SMILES string of the molecule is CC1C(CN2CCC(O)(c3ccc(Cl)cc3)CC2)OC(c2ccc(-c3cccc(CN)c3)cc2)OC1c1ccc(CO)cc1. The quantitative estimate of drug-likeness (QED) is 0.204. The Balaban J connectivity index is 1.20. The summed E-state index contributed by atoms with van der Waals surface area (Å²) < 4.78 is 13.4. The normalized spacial score (nSPS) is 23.8. The van der Waals surface area contributed by atoms with Gasteiger partial charge in [-0.1, -0.05) is 97.4 Å². The average Bonchev–Trinajstić information content (AvgIpc) is 3.07. The largest absolute Gasteiger partial charge is 0.392 e. The van der Waals surface area contributed by atoms with Gasteiger partial charge >= 0.3 is 0 Å². The summed E-state index contributed by atoms with van der Waals surface area (Å²) in [7, 11) is 0. The van der Waals surface area contributed by atoms with E-state index >= 15 is 0 Å². The third-order valence-corrected chi connectivity index (χ3v) is 9.56. The minimum Gasteiger partial charge on any atom is -0.392 e. The van der Waals surface area contributed by atoms with E-state index < -0.39 is 11.9 Å². The predicted molar refractivity (Wildman–Crippen MR) is 174 cm³/mol. The summed E-state index contributed by atoms with van der Waals surface area (Å²) in [6, 6.07) is 32.2. The van der Waals surface area contributed by atoms with E-state index in [-0.39, 0.29) is 24.7 Å². The second kappa shape index (κ2) is 13.5. The number of likely N-dealkylation sites (tertiary alicyclic amines) is 1. The Morgan fingerprint density at radius 1 is 0.841 bits per heavy atom. The number of nitrogens with two attached hydrogens (primary N) is 1. The van der Waals surface area contributed by atoms with E-state index in [0.29, 0.717) is 24.4 Å². The molecule has 0 aliphatic carbocycles. The van der Waals surface area contributed by atoms with Crippen LogP contribution in [0.15, 0.2) is 97.1 Å². The fourth-order valence-corrected chi connectivity index (χ4v) is 6.57. The minimum atomic E-state index is -0.853. The highest BCUT2D eigenvalue weighted by molar-refractivity contribution is 6.30. The zero-order chi connectivity index (χ0) is 30.7. The smallest absolute Gasteiger partial charge is 0.184 e. The van der Waals surface area contributed by atoms with Crippen LogP contribution in [0.3, 0.4) is 0 Å². The van der Waals surface area contributed by atoms with Crippen molar-refractivity contribution in [3.63, 3.8) is 0 Å². The van der Waals surface area contributed by atoms with Crippen molar-refractivity contribution in [2.45, 2.75) is 57.0 Å². The van der Waals surface area contributed by atoms with Gasteiger partial charge in [0.1, 0.15) is 0 Å². The molecule has 4 aromatic rings. The van der Waals surface area contributed by atoms with Gasteiger partial charge in [-0.2, -0.15) is 0 Å². The van der Waals surface area contributed by atoms with Crippen molar-refractivity contribution in [3.05, 3.63) is 130 Å². The van der Waals surface area contributed by atoms with Crippen LogP contribution >= 0.6 is 11.6 Å². The van der Waals surface area contributed by atoms with Gasteiger partial charge in [-0.25, -0.2) is 0 Å². The number of ether oxygens (including phenoxy) is 2. The molecule has 2 saturated heterocycles. The number of nitrogens with zero attached hydrogens (tertiary/aromatic N) is 1. The van der Waals surface area contributed by atoms with Crippen LogP contribution in [0.4, 0.5) is 0 Å². The topological polar surface area (TPSA) is 88.2 Å². The van der Waals surface area contributed by atoms with Gasteiger partial charge in [-0.3, -0.25) is 0 Å². The van der Waals surface area contributed by atoms with Crippen molar-refractivity contribution in [1.29, 1.82) is 0 Å². The molecule has 44 heavy (non-hydrogen) atoms. The summed E-state index contributed by atoms with van der Waals surface area (Å²) in [5.41, 5.74) is 12.2. The summed E-state index contributed by atoms with van der Waals surface area (Å²) >= 11 is 6.09. The summed E-state index contributed by atoms with van der Waals surface area (Å²) in [4.78, 5) is 2.40. The lowest BCUT2D eigenvalue weighted by Crippen LogP contribution is -2.49. The number of rotatable bonds is 8. The summed E-state index contributed by atoms with van der Waals surface area (Å²) in [6.45, 7) is 4.98. The van der Waals surface area contributed by atoms with Crippen LogP contribution in [0.5, 0.6) is 0 Å². The highest BCUT2D eigenvalue weighted by atomic mass is 35.5. The van der Waals surface area contributed by atoms with Gasteiger partial charge in [0.2, 0.25) is 0 Å². The maximum atomic E-state index is 11.4. The molecule has 6 rings (SSSR count). The lowest BCUT2D eigenvalue weighted by atomic mass is 9.84. The molecule has 0 saturated carbocycles. The number of aliphatic hydroxyl groups is 2. The Hall–Kier alpha value is -3.07.